The monoisotopic (exact) mass is 327 g/mol. The minimum atomic E-state index is -3.63. The number of hydrogen-bond acceptors (Lipinski definition) is 6. The summed E-state index contributed by atoms with van der Waals surface area (Å²) in [5.41, 5.74) is 0.0992. The van der Waals surface area contributed by atoms with Crippen LogP contribution < -0.4 is 9.46 Å². The van der Waals surface area contributed by atoms with Crippen LogP contribution in [0, 0.1) is 0 Å². The lowest BCUT2D eigenvalue weighted by molar-refractivity contribution is 0.0981. The van der Waals surface area contributed by atoms with Crippen molar-refractivity contribution >= 4 is 27.5 Å². The number of ether oxygens (including phenoxy) is 1. The average molecular weight is 328 g/mol. The Morgan fingerprint density at radius 3 is 2.52 bits per heavy atom. The maximum absolute atomic E-state index is 11.7. The normalized spacial score (nSPS) is 11.0. The SMILES string of the molecule is CS(=O)(=O)NC(=O)c1ccc(Oc2cncnc2)c(Cl)c1. The van der Waals surface area contributed by atoms with E-state index in [2.05, 4.69) is 9.97 Å². The number of nitrogens with one attached hydrogen (secondary N) is 1. The quantitative estimate of drug-likeness (QED) is 0.916. The third kappa shape index (κ3) is 4.40. The number of amides is 1. The van der Waals surface area contributed by atoms with Gasteiger partial charge in [0.05, 0.1) is 23.7 Å². The predicted molar refractivity (Wildman–Crippen MR) is 75.9 cm³/mol. The molecule has 1 heterocycles. The number of nitrogens with zero attached hydrogens (tertiary/aromatic N) is 2. The summed E-state index contributed by atoms with van der Waals surface area (Å²) < 4.78 is 29.3. The van der Waals surface area contributed by atoms with E-state index in [1.165, 1.54) is 36.9 Å². The van der Waals surface area contributed by atoms with E-state index >= 15 is 0 Å². The molecule has 0 radical (unpaired) electrons. The summed E-state index contributed by atoms with van der Waals surface area (Å²) >= 11 is 6.00. The van der Waals surface area contributed by atoms with E-state index in [-0.39, 0.29) is 10.6 Å². The molecule has 1 aromatic carbocycles. The van der Waals surface area contributed by atoms with Crippen LogP contribution in [-0.2, 0) is 10.0 Å². The number of rotatable bonds is 4. The fourth-order valence-electron chi connectivity index (χ4n) is 1.42. The lowest BCUT2D eigenvalue weighted by atomic mass is 10.2. The van der Waals surface area contributed by atoms with Crippen LogP contribution in [0.4, 0.5) is 0 Å². The second kappa shape index (κ2) is 6.06. The Labute approximate surface area is 126 Å². The van der Waals surface area contributed by atoms with Gasteiger partial charge in [-0.2, -0.15) is 0 Å². The van der Waals surface area contributed by atoms with Crippen molar-refractivity contribution < 1.29 is 17.9 Å². The number of halogens is 1. The number of hydrogen-bond donors (Lipinski definition) is 1. The van der Waals surface area contributed by atoms with Gasteiger partial charge in [-0.25, -0.2) is 23.1 Å². The molecule has 0 saturated carbocycles. The third-order valence-corrected chi connectivity index (χ3v) is 3.09. The Morgan fingerprint density at radius 2 is 1.95 bits per heavy atom. The van der Waals surface area contributed by atoms with E-state index in [1.807, 2.05) is 4.72 Å². The summed E-state index contributed by atoms with van der Waals surface area (Å²) in [6.07, 6.45) is 5.15. The van der Waals surface area contributed by atoms with Crippen LogP contribution >= 0.6 is 11.6 Å². The van der Waals surface area contributed by atoms with Crippen molar-refractivity contribution in [2.75, 3.05) is 6.26 Å². The Balaban J connectivity index is 2.20. The van der Waals surface area contributed by atoms with Crippen molar-refractivity contribution in [1.82, 2.24) is 14.7 Å². The molecule has 7 nitrogen and oxygen atoms in total. The zero-order valence-corrected chi connectivity index (χ0v) is 12.4. The molecule has 110 valence electrons. The van der Waals surface area contributed by atoms with E-state index in [0.717, 1.165) is 6.26 Å². The molecule has 0 saturated heterocycles. The number of aromatic nitrogens is 2. The molecule has 1 amide bonds. The molecule has 0 fully saturated rings. The van der Waals surface area contributed by atoms with Gasteiger partial charge in [-0.3, -0.25) is 4.79 Å². The van der Waals surface area contributed by atoms with Crippen molar-refractivity contribution in [3.05, 3.63) is 47.5 Å². The molecule has 0 aliphatic heterocycles. The van der Waals surface area contributed by atoms with Crippen molar-refractivity contribution in [2.45, 2.75) is 0 Å². The van der Waals surface area contributed by atoms with Crippen LogP contribution in [0.25, 0.3) is 0 Å². The van der Waals surface area contributed by atoms with Gasteiger partial charge in [0.2, 0.25) is 10.0 Å². The summed E-state index contributed by atoms with van der Waals surface area (Å²) in [7, 11) is -3.63. The van der Waals surface area contributed by atoms with Crippen LogP contribution in [0.1, 0.15) is 10.4 Å². The first-order chi connectivity index (χ1) is 9.85. The molecule has 2 rings (SSSR count). The number of sulfonamides is 1. The molecule has 21 heavy (non-hydrogen) atoms. The first-order valence-electron chi connectivity index (χ1n) is 5.60. The van der Waals surface area contributed by atoms with Gasteiger partial charge in [0.15, 0.2) is 5.75 Å². The number of carbonyl (C=O) groups is 1. The van der Waals surface area contributed by atoms with Crippen LogP contribution in [0.3, 0.4) is 0 Å². The Hall–Kier alpha value is -2.19. The van der Waals surface area contributed by atoms with Crippen LogP contribution in [0.15, 0.2) is 36.9 Å². The van der Waals surface area contributed by atoms with E-state index in [0.29, 0.717) is 11.5 Å². The first-order valence-corrected chi connectivity index (χ1v) is 7.86. The van der Waals surface area contributed by atoms with Crippen LogP contribution in [0.2, 0.25) is 5.02 Å². The van der Waals surface area contributed by atoms with Gasteiger partial charge in [0.25, 0.3) is 5.91 Å². The van der Waals surface area contributed by atoms with Gasteiger partial charge in [-0.1, -0.05) is 11.6 Å². The highest BCUT2D eigenvalue weighted by atomic mass is 35.5. The topological polar surface area (TPSA) is 98.2 Å². The predicted octanol–water partition coefficient (Wildman–Crippen LogP) is 1.61. The second-order valence-corrected chi connectivity index (χ2v) is 6.18. The van der Waals surface area contributed by atoms with Crippen molar-refractivity contribution in [3.63, 3.8) is 0 Å². The highest BCUT2D eigenvalue weighted by Gasteiger charge is 2.13. The molecule has 0 bridgehead atoms. The number of carbonyl (C=O) groups excluding carboxylic acids is 1. The minimum absolute atomic E-state index is 0.0992. The molecule has 1 aromatic heterocycles. The second-order valence-electron chi connectivity index (χ2n) is 4.02. The lowest BCUT2D eigenvalue weighted by Crippen LogP contribution is -2.29. The summed E-state index contributed by atoms with van der Waals surface area (Å²) in [6.45, 7) is 0. The van der Waals surface area contributed by atoms with Crippen molar-refractivity contribution in [1.29, 1.82) is 0 Å². The summed E-state index contributed by atoms with van der Waals surface area (Å²) in [6, 6.07) is 4.15. The zero-order chi connectivity index (χ0) is 15.5. The van der Waals surface area contributed by atoms with Crippen molar-refractivity contribution in [3.8, 4) is 11.5 Å². The smallest absolute Gasteiger partial charge is 0.264 e. The largest absolute Gasteiger partial charge is 0.453 e. The molecule has 1 N–H and O–H groups in total. The third-order valence-electron chi connectivity index (χ3n) is 2.24. The van der Waals surface area contributed by atoms with E-state index in [9.17, 15) is 13.2 Å². The highest BCUT2D eigenvalue weighted by Crippen LogP contribution is 2.29. The van der Waals surface area contributed by atoms with E-state index < -0.39 is 15.9 Å². The molecule has 0 unspecified atom stereocenters. The van der Waals surface area contributed by atoms with E-state index in [4.69, 9.17) is 16.3 Å². The van der Waals surface area contributed by atoms with Gasteiger partial charge < -0.3 is 4.74 Å². The Bertz CT molecular complexity index is 765. The number of benzene rings is 1. The van der Waals surface area contributed by atoms with Gasteiger partial charge in [0, 0.05) is 5.56 Å². The fourth-order valence-corrected chi connectivity index (χ4v) is 2.09. The lowest BCUT2D eigenvalue weighted by Gasteiger charge is -2.08. The molecular weight excluding hydrogens is 318 g/mol. The highest BCUT2D eigenvalue weighted by molar-refractivity contribution is 7.89. The molecular formula is C12H10ClN3O4S. The van der Waals surface area contributed by atoms with Gasteiger partial charge in [-0.05, 0) is 18.2 Å². The molecule has 0 atom stereocenters. The van der Waals surface area contributed by atoms with Gasteiger partial charge in [-0.15, -0.1) is 0 Å². The first kappa shape index (κ1) is 15.2. The summed E-state index contributed by atoms with van der Waals surface area (Å²) in [5.74, 6) is -0.0934. The molecule has 9 heteroatoms. The molecule has 0 spiro atoms. The van der Waals surface area contributed by atoms with Crippen LogP contribution in [-0.4, -0.2) is 30.5 Å². The Kier molecular flexibility index (Phi) is 4.39. The summed E-state index contributed by atoms with van der Waals surface area (Å²) in [4.78, 5) is 19.2. The molecule has 0 aliphatic carbocycles. The average Bonchev–Trinajstić information content (AvgIpc) is 2.40. The Morgan fingerprint density at radius 1 is 1.29 bits per heavy atom. The maximum atomic E-state index is 11.7. The maximum Gasteiger partial charge on any atom is 0.264 e. The zero-order valence-electron chi connectivity index (χ0n) is 10.8. The molecule has 0 aliphatic rings. The standard InChI is InChI=1S/C12H10ClN3O4S/c1-21(18,19)16-12(17)8-2-3-11(10(13)4-8)20-9-5-14-7-15-6-9/h2-7H,1H3,(H,16,17). The molecule has 2 aromatic rings. The van der Waals surface area contributed by atoms with Gasteiger partial charge >= 0.3 is 0 Å². The van der Waals surface area contributed by atoms with Crippen LogP contribution in [0.5, 0.6) is 11.5 Å². The minimum Gasteiger partial charge on any atom is -0.453 e. The van der Waals surface area contributed by atoms with Gasteiger partial charge in [0.1, 0.15) is 12.1 Å². The van der Waals surface area contributed by atoms with E-state index in [1.54, 1.807) is 0 Å². The van der Waals surface area contributed by atoms with Crippen molar-refractivity contribution in [2.24, 2.45) is 0 Å². The fraction of sp³-hybridized carbons (Fsp3) is 0.0833. The summed E-state index contributed by atoms with van der Waals surface area (Å²) in [5, 5.41) is 0.153.